The third kappa shape index (κ3) is 7.71. The number of nitrogens with one attached hydrogen (secondary N) is 1. The highest BCUT2D eigenvalue weighted by Gasteiger charge is 2.38. The van der Waals surface area contributed by atoms with Gasteiger partial charge in [-0.15, -0.1) is 10.2 Å². The summed E-state index contributed by atoms with van der Waals surface area (Å²) in [4.78, 5) is 21.7. The lowest BCUT2D eigenvalue weighted by Crippen LogP contribution is -2.38. The number of carbonyl (C=O) groups is 1. The molecule has 1 saturated heterocycles. The Balaban J connectivity index is 1.09. The van der Waals surface area contributed by atoms with Gasteiger partial charge in [0.1, 0.15) is 10.7 Å². The van der Waals surface area contributed by atoms with Crippen molar-refractivity contribution in [2.45, 2.75) is 49.8 Å². The zero-order valence-electron chi connectivity index (χ0n) is 27.0. The lowest BCUT2D eigenvalue weighted by atomic mass is 9.91. The van der Waals surface area contributed by atoms with E-state index >= 15 is 0 Å². The van der Waals surface area contributed by atoms with E-state index in [9.17, 15) is 9.90 Å². The Kier molecular flexibility index (Phi) is 10.1. The first-order valence-corrected chi connectivity index (χ1v) is 17.9. The van der Waals surface area contributed by atoms with Gasteiger partial charge in [-0.25, -0.2) is 4.98 Å². The molecular formula is C38H35N5O4S2. The Morgan fingerprint density at radius 1 is 0.878 bits per heavy atom. The third-order valence-corrected chi connectivity index (χ3v) is 10.6. The summed E-state index contributed by atoms with van der Waals surface area (Å²) >= 11 is 3.24. The van der Waals surface area contributed by atoms with E-state index in [1.54, 1.807) is 23.1 Å². The predicted octanol–water partition coefficient (Wildman–Crippen LogP) is 7.46. The van der Waals surface area contributed by atoms with Gasteiger partial charge in [0, 0.05) is 23.8 Å². The molecule has 0 aliphatic carbocycles. The van der Waals surface area contributed by atoms with E-state index < -0.39 is 6.29 Å². The summed E-state index contributed by atoms with van der Waals surface area (Å²) in [5, 5.41) is 22.0. The number of aliphatic hydroxyl groups excluding tert-OH is 1. The van der Waals surface area contributed by atoms with Crippen molar-refractivity contribution in [1.29, 1.82) is 0 Å². The highest BCUT2D eigenvalue weighted by Crippen LogP contribution is 2.43. The molecule has 3 heterocycles. The summed E-state index contributed by atoms with van der Waals surface area (Å²) in [6.07, 6.45) is 0.589. The first-order chi connectivity index (χ1) is 23.9. The van der Waals surface area contributed by atoms with Crippen molar-refractivity contribution in [2.24, 2.45) is 5.92 Å². The maximum atomic E-state index is 12.9. The van der Waals surface area contributed by atoms with Crippen LogP contribution in [0.25, 0.3) is 22.2 Å². The Labute approximate surface area is 292 Å². The number of para-hydroxylation sites is 2. The SMILES string of the molecule is Cc1nnc(SC[C@@H]2O[C@H](c3cccc(-c4cccc(CNC(=O)c5cnc6ccccc6n5)c4)c3)O[C@H](c3ccc(CO)cc3)[C@@H]2C)s1. The monoisotopic (exact) mass is 689 g/mol. The summed E-state index contributed by atoms with van der Waals surface area (Å²) in [6, 6.07) is 31.7. The smallest absolute Gasteiger partial charge is 0.271 e. The van der Waals surface area contributed by atoms with Crippen LogP contribution in [-0.4, -0.2) is 43.0 Å². The summed E-state index contributed by atoms with van der Waals surface area (Å²) < 4.78 is 14.3. The lowest BCUT2D eigenvalue weighted by Gasteiger charge is -2.41. The van der Waals surface area contributed by atoms with Crippen LogP contribution in [0.15, 0.2) is 108 Å². The number of benzene rings is 4. The number of hydrogen-bond donors (Lipinski definition) is 2. The van der Waals surface area contributed by atoms with Gasteiger partial charge >= 0.3 is 0 Å². The van der Waals surface area contributed by atoms with Gasteiger partial charge in [0.15, 0.2) is 10.6 Å². The molecule has 0 radical (unpaired) electrons. The summed E-state index contributed by atoms with van der Waals surface area (Å²) in [6.45, 7) is 4.45. The van der Waals surface area contributed by atoms with Gasteiger partial charge in [0.05, 0.1) is 36.0 Å². The number of fused-ring (bicyclic) bond motifs is 1. The van der Waals surface area contributed by atoms with Crippen LogP contribution in [0.5, 0.6) is 0 Å². The Bertz CT molecular complexity index is 2070. The molecular weight excluding hydrogens is 655 g/mol. The van der Waals surface area contributed by atoms with Crippen LogP contribution in [0.1, 0.15) is 57.1 Å². The molecule has 6 aromatic rings. The third-order valence-electron chi connectivity index (χ3n) is 8.56. The molecule has 2 N–H and O–H groups in total. The van der Waals surface area contributed by atoms with Crippen LogP contribution in [0.4, 0.5) is 0 Å². The number of nitrogens with zero attached hydrogens (tertiary/aromatic N) is 4. The van der Waals surface area contributed by atoms with E-state index in [2.05, 4.69) is 56.7 Å². The van der Waals surface area contributed by atoms with E-state index in [0.717, 1.165) is 48.2 Å². The number of ether oxygens (including phenoxy) is 2. The van der Waals surface area contributed by atoms with Crippen molar-refractivity contribution >= 4 is 40.0 Å². The van der Waals surface area contributed by atoms with Gasteiger partial charge in [-0.2, -0.15) is 0 Å². The molecule has 1 amide bonds. The van der Waals surface area contributed by atoms with Crippen LogP contribution < -0.4 is 5.32 Å². The second kappa shape index (κ2) is 14.9. The lowest BCUT2D eigenvalue weighted by molar-refractivity contribution is -0.268. The second-order valence-corrected chi connectivity index (χ2v) is 14.4. The van der Waals surface area contributed by atoms with Gasteiger partial charge in [-0.1, -0.05) is 103 Å². The van der Waals surface area contributed by atoms with Gasteiger partial charge in [-0.3, -0.25) is 9.78 Å². The molecule has 1 fully saturated rings. The predicted molar refractivity (Wildman–Crippen MR) is 191 cm³/mol. The number of aliphatic hydroxyl groups is 1. The minimum absolute atomic E-state index is 0.00682. The largest absolute Gasteiger partial charge is 0.392 e. The molecule has 0 bridgehead atoms. The normalized spacial score (nSPS) is 19.2. The van der Waals surface area contributed by atoms with Crippen LogP contribution in [-0.2, 0) is 22.6 Å². The molecule has 4 aromatic carbocycles. The van der Waals surface area contributed by atoms with Gasteiger partial charge in [0.2, 0.25) is 0 Å². The molecule has 1 aliphatic heterocycles. The number of hydrogen-bond acceptors (Lipinski definition) is 10. The van der Waals surface area contributed by atoms with E-state index in [-0.39, 0.29) is 36.3 Å². The maximum absolute atomic E-state index is 12.9. The molecule has 9 nitrogen and oxygen atoms in total. The average Bonchev–Trinajstić information content (AvgIpc) is 3.58. The molecule has 0 unspecified atom stereocenters. The summed E-state index contributed by atoms with van der Waals surface area (Å²) in [7, 11) is 0. The second-order valence-electron chi connectivity index (χ2n) is 12.0. The van der Waals surface area contributed by atoms with E-state index in [4.69, 9.17) is 9.47 Å². The van der Waals surface area contributed by atoms with Crippen LogP contribution in [0.2, 0.25) is 0 Å². The van der Waals surface area contributed by atoms with Crippen molar-refractivity contribution in [1.82, 2.24) is 25.5 Å². The Morgan fingerprint density at radius 2 is 1.65 bits per heavy atom. The molecule has 49 heavy (non-hydrogen) atoms. The molecule has 248 valence electrons. The topological polar surface area (TPSA) is 119 Å². The first-order valence-electron chi connectivity index (χ1n) is 16.1. The zero-order valence-corrected chi connectivity index (χ0v) is 28.7. The van der Waals surface area contributed by atoms with Crippen molar-refractivity contribution in [3.8, 4) is 11.1 Å². The first kappa shape index (κ1) is 33.0. The number of aromatic nitrogens is 4. The Hall–Kier alpha value is -4.52. The number of carbonyl (C=O) groups excluding carboxylic acids is 1. The number of thioether (sulfide) groups is 1. The van der Waals surface area contributed by atoms with Gasteiger partial charge in [-0.05, 0) is 59.0 Å². The van der Waals surface area contributed by atoms with E-state index in [1.807, 2.05) is 79.7 Å². The van der Waals surface area contributed by atoms with Crippen LogP contribution >= 0.6 is 23.1 Å². The summed E-state index contributed by atoms with van der Waals surface area (Å²) in [5.74, 6) is 0.494. The van der Waals surface area contributed by atoms with Crippen molar-refractivity contribution < 1.29 is 19.4 Å². The quantitative estimate of drug-likeness (QED) is 0.141. The molecule has 0 spiro atoms. The molecule has 7 rings (SSSR count). The van der Waals surface area contributed by atoms with E-state index in [0.29, 0.717) is 17.8 Å². The molecule has 11 heteroatoms. The summed E-state index contributed by atoms with van der Waals surface area (Å²) in [5.41, 5.74) is 7.50. The minimum atomic E-state index is -0.592. The minimum Gasteiger partial charge on any atom is -0.392 e. The molecule has 1 aliphatic rings. The van der Waals surface area contributed by atoms with Crippen molar-refractivity contribution in [3.05, 3.63) is 136 Å². The van der Waals surface area contributed by atoms with Crippen LogP contribution in [0.3, 0.4) is 0 Å². The van der Waals surface area contributed by atoms with Crippen molar-refractivity contribution in [2.75, 3.05) is 5.75 Å². The highest BCUT2D eigenvalue weighted by atomic mass is 32.2. The number of rotatable bonds is 10. The van der Waals surface area contributed by atoms with Crippen molar-refractivity contribution in [3.63, 3.8) is 0 Å². The standard InChI is InChI=1S/C38H35N5O4S2/c1-23-34(22-48-38-43-42-24(2)49-38)46-37(47-35(23)27-15-13-25(21-44)14-16-27)30-10-6-9-29(18-30)28-8-5-7-26(17-28)19-40-36(45)33-20-39-31-11-3-4-12-32(31)41-33/h3-18,20,23,34-35,37,44H,19,21-22H2,1-2H3,(H,40,45)/t23-,34+,35+,37+/m1/s1. The number of aryl methyl sites for hydroxylation is 1. The van der Waals surface area contributed by atoms with Gasteiger partial charge < -0.3 is 19.9 Å². The molecule has 2 aromatic heterocycles. The maximum Gasteiger partial charge on any atom is 0.271 e. The fourth-order valence-corrected chi connectivity index (χ4v) is 7.87. The fourth-order valence-electron chi connectivity index (χ4n) is 5.87. The van der Waals surface area contributed by atoms with E-state index in [1.165, 1.54) is 6.20 Å². The van der Waals surface area contributed by atoms with Gasteiger partial charge in [0.25, 0.3) is 5.91 Å². The molecule has 4 atom stereocenters. The zero-order chi connectivity index (χ0) is 33.7. The number of amides is 1. The highest BCUT2D eigenvalue weighted by molar-refractivity contribution is 8.01. The average molecular weight is 690 g/mol. The fraction of sp³-hybridized carbons (Fsp3) is 0.237. The molecule has 0 saturated carbocycles. The van der Waals surface area contributed by atoms with Crippen LogP contribution in [0, 0.1) is 12.8 Å². The Morgan fingerprint density at radius 3 is 2.43 bits per heavy atom.